The van der Waals surface area contributed by atoms with E-state index in [0.717, 1.165) is 6.07 Å². The Hall–Kier alpha value is -3.34. The molecule has 0 amide bonds. The fraction of sp³-hybridized carbons (Fsp3) is 0.444. The molecule has 4 atom stereocenters. The topological polar surface area (TPSA) is 118 Å². The van der Waals surface area contributed by atoms with Crippen molar-refractivity contribution in [1.82, 2.24) is 0 Å². The summed E-state index contributed by atoms with van der Waals surface area (Å²) in [5.74, 6) is -6.87. The molecule has 10 heteroatoms. The van der Waals surface area contributed by atoms with Crippen LogP contribution in [0.15, 0.2) is 48.5 Å². The van der Waals surface area contributed by atoms with Gasteiger partial charge in [0.05, 0.1) is 24.7 Å². The minimum atomic E-state index is -1.86. The second-order valence-electron chi connectivity index (χ2n) is 8.91. The molecule has 0 aromatic heterocycles. The number of hydrogen-bond donors (Lipinski definition) is 1. The van der Waals surface area contributed by atoms with Crippen molar-refractivity contribution in [3.8, 4) is 11.5 Å². The molecule has 1 fully saturated rings. The zero-order chi connectivity index (χ0) is 27.0. The maximum atomic E-state index is 14.7. The summed E-state index contributed by atoms with van der Waals surface area (Å²) in [5.41, 5.74) is -1.63. The lowest BCUT2D eigenvalue weighted by Gasteiger charge is -2.43. The first-order chi connectivity index (χ1) is 17.7. The summed E-state index contributed by atoms with van der Waals surface area (Å²) in [4.78, 5) is 39.5. The third-order valence-electron chi connectivity index (χ3n) is 6.15. The van der Waals surface area contributed by atoms with Gasteiger partial charge in [-0.1, -0.05) is 24.3 Å². The number of carbonyl (C=O) groups excluding carboxylic acids is 3. The highest BCUT2D eigenvalue weighted by Crippen LogP contribution is 2.47. The quantitative estimate of drug-likeness (QED) is 0.272. The Balaban J connectivity index is 2.07. The van der Waals surface area contributed by atoms with Gasteiger partial charge in [0.1, 0.15) is 24.9 Å². The van der Waals surface area contributed by atoms with Crippen LogP contribution in [0.1, 0.15) is 24.8 Å². The van der Waals surface area contributed by atoms with Crippen molar-refractivity contribution in [2.24, 2.45) is 11.8 Å². The summed E-state index contributed by atoms with van der Waals surface area (Å²) >= 11 is 0. The Bertz CT molecular complexity index is 1090. The van der Waals surface area contributed by atoms with Crippen molar-refractivity contribution in [3.05, 3.63) is 59.9 Å². The molecule has 0 radical (unpaired) electrons. The van der Waals surface area contributed by atoms with Crippen LogP contribution in [0.4, 0.5) is 4.39 Å². The molecule has 0 heterocycles. The van der Waals surface area contributed by atoms with Crippen molar-refractivity contribution in [2.45, 2.75) is 24.9 Å². The molecule has 3 rings (SSSR count). The van der Waals surface area contributed by atoms with Gasteiger partial charge in [-0.25, -0.2) is 4.39 Å². The fourth-order valence-electron chi connectivity index (χ4n) is 4.47. The SMILES string of the molecule is COCCOC(=O)[C@@H]1C(=O)C[C@](C)(O)[C@@H](C(=O)OCCOC)[C@@H]1c1ccc(F)c(Oc2ccccc2)c1. The molecule has 0 spiro atoms. The molecule has 0 bridgehead atoms. The number of para-hydroxylation sites is 1. The molecule has 2 aromatic rings. The third-order valence-corrected chi connectivity index (χ3v) is 6.15. The number of benzene rings is 2. The van der Waals surface area contributed by atoms with Gasteiger partial charge in [-0.15, -0.1) is 0 Å². The first kappa shape index (κ1) is 28.2. The number of carbonyl (C=O) groups is 3. The second-order valence-corrected chi connectivity index (χ2v) is 8.91. The van der Waals surface area contributed by atoms with E-state index in [4.69, 9.17) is 23.7 Å². The number of Topliss-reactive ketones (excluding diaryl/α,β-unsaturated/α-hetero) is 1. The zero-order valence-corrected chi connectivity index (χ0v) is 21.0. The number of esters is 2. The van der Waals surface area contributed by atoms with Crippen LogP contribution in [0.5, 0.6) is 11.5 Å². The maximum Gasteiger partial charge on any atom is 0.317 e. The summed E-state index contributed by atoms with van der Waals surface area (Å²) in [6.45, 7) is 1.33. The molecule has 1 aliphatic carbocycles. The van der Waals surface area contributed by atoms with E-state index < -0.39 is 53.3 Å². The van der Waals surface area contributed by atoms with Crippen LogP contribution in [0.25, 0.3) is 0 Å². The normalized spacial score (nSPS) is 23.4. The van der Waals surface area contributed by atoms with Gasteiger partial charge in [-0.05, 0) is 36.8 Å². The van der Waals surface area contributed by atoms with Crippen molar-refractivity contribution in [3.63, 3.8) is 0 Å². The van der Waals surface area contributed by atoms with E-state index in [1.165, 1.54) is 33.3 Å². The van der Waals surface area contributed by atoms with E-state index in [2.05, 4.69) is 0 Å². The lowest BCUT2D eigenvalue weighted by molar-refractivity contribution is -0.174. The summed E-state index contributed by atoms with van der Waals surface area (Å²) in [6.07, 6.45) is -0.480. The van der Waals surface area contributed by atoms with E-state index in [9.17, 15) is 23.9 Å². The number of rotatable bonds is 11. The van der Waals surface area contributed by atoms with E-state index >= 15 is 0 Å². The molecule has 37 heavy (non-hydrogen) atoms. The van der Waals surface area contributed by atoms with Crippen molar-refractivity contribution >= 4 is 17.7 Å². The molecule has 0 aliphatic heterocycles. The summed E-state index contributed by atoms with van der Waals surface area (Å²) in [5, 5.41) is 11.2. The maximum absolute atomic E-state index is 14.7. The molecule has 1 saturated carbocycles. The Kier molecular flexibility index (Phi) is 9.73. The van der Waals surface area contributed by atoms with Crippen LogP contribution < -0.4 is 4.74 Å². The minimum absolute atomic E-state index is 0.0999. The van der Waals surface area contributed by atoms with E-state index in [0.29, 0.717) is 5.75 Å². The second kappa shape index (κ2) is 12.8. The molecular weight excluding hydrogens is 487 g/mol. The van der Waals surface area contributed by atoms with E-state index in [-0.39, 0.29) is 37.7 Å². The predicted octanol–water partition coefficient (Wildman–Crippen LogP) is 3.04. The van der Waals surface area contributed by atoms with E-state index in [1.807, 2.05) is 0 Å². The van der Waals surface area contributed by atoms with Gasteiger partial charge >= 0.3 is 11.9 Å². The zero-order valence-electron chi connectivity index (χ0n) is 21.0. The first-order valence-electron chi connectivity index (χ1n) is 11.8. The van der Waals surface area contributed by atoms with Crippen LogP contribution in [0.3, 0.4) is 0 Å². The highest BCUT2D eigenvalue weighted by molar-refractivity contribution is 6.02. The Morgan fingerprint density at radius 2 is 1.59 bits per heavy atom. The molecule has 0 unspecified atom stereocenters. The number of hydrogen-bond acceptors (Lipinski definition) is 9. The number of aliphatic hydroxyl groups is 1. The van der Waals surface area contributed by atoms with Gasteiger partial charge < -0.3 is 28.8 Å². The Morgan fingerprint density at radius 1 is 0.973 bits per heavy atom. The van der Waals surface area contributed by atoms with Gasteiger partial charge in [-0.3, -0.25) is 14.4 Å². The van der Waals surface area contributed by atoms with E-state index in [1.54, 1.807) is 30.3 Å². The summed E-state index contributed by atoms with van der Waals surface area (Å²) < 4.78 is 40.8. The van der Waals surface area contributed by atoms with Crippen LogP contribution in [0, 0.1) is 17.7 Å². The number of ketones is 1. The average Bonchev–Trinajstić information content (AvgIpc) is 2.85. The van der Waals surface area contributed by atoms with Crippen LogP contribution in [-0.2, 0) is 33.3 Å². The molecule has 9 nitrogen and oxygen atoms in total. The van der Waals surface area contributed by atoms with Crippen molar-refractivity contribution in [1.29, 1.82) is 0 Å². The average molecular weight is 519 g/mol. The molecule has 1 aliphatic rings. The van der Waals surface area contributed by atoms with Gasteiger partial charge in [0.15, 0.2) is 17.3 Å². The standard InChI is InChI=1S/C27H31FO9/c1-27(32)16-20(29)23(25(30)35-13-11-33-2)22(24(27)26(31)36-14-12-34-3)17-9-10-19(28)21(15-17)37-18-7-5-4-6-8-18/h4-10,15,22-24,32H,11-14,16H2,1-3H3/t22-,23-,24-,27+/m1/s1. The van der Waals surface area contributed by atoms with Gasteiger partial charge in [0.25, 0.3) is 0 Å². The van der Waals surface area contributed by atoms with Gasteiger partial charge in [0, 0.05) is 26.6 Å². The number of methoxy groups -OCH3 is 2. The van der Waals surface area contributed by atoms with Crippen LogP contribution in [0.2, 0.25) is 0 Å². The van der Waals surface area contributed by atoms with Gasteiger partial charge in [0.2, 0.25) is 0 Å². The minimum Gasteiger partial charge on any atom is -0.463 e. The smallest absolute Gasteiger partial charge is 0.317 e. The highest BCUT2D eigenvalue weighted by atomic mass is 19.1. The van der Waals surface area contributed by atoms with Crippen molar-refractivity contribution < 1.29 is 47.6 Å². The lowest BCUT2D eigenvalue weighted by Crippen LogP contribution is -2.55. The monoisotopic (exact) mass is 518 g/mol. The summed E-state index contributed by atoms with van der Waals surface area (Å²) in [6, 6.07) is 12.2. The lowest BCUT2D eigenvalue weighted by atomic mass is 9.61. The summed E-state index contributed by atoms with van der Waals surface area (Å²) in [7, 11) is 2.86. The van der Waals surface area contributed by atoms with Crippen LogP contribution >= 0.6 is 0 Å². The molecular formula is C27H31FO9. The highest BCUT2D eigenvalue weighted by Gasteiger charge is 2.57. The van der Waals surface area contributed by atoms with Crippen LogP contribution in [-0.4, -0.2) is 69.1 Å². The first-order valence-corrected chi connectivity index (χ1v) is 11.8. The number of ether oxygens (including phenoxy) is 5. The predicted molar refractivity (Wildman–Crippen MR) is 129 cm³/mol. The Labute approximate surface area is 214 Å². The molecule has 0 saturated heterocycles. The fourth-order valence-corrected chi connectivity index (χ4v) is 4.47. The molecule has 2 aromatic carbocycles. The Morgan fingerprint density at radius 3 is 2.22 bits per heavy atom. The largest absolute Gasteiger partial charge is 0.463 e. The van der Waals surface area contributed by atoms with Gasteiger partial charge in [-0.2, -0.15) is 0 Å². The molecule has 1 N–H and O–H groups in total. The number of halogens is 1. The van der Waals surface area contributed by atoms with Crippen molar-refractivity contribution in [2.75, 3.05) is 40.6 Å². The molecule has 200 valence electrons. The third kappa shape index (κ3) is 6.91.